The number of rotatable bonds is 4. The van der Waals surface area contributed by atoms with Crippen molar-refractivity contribution in [3.63, 3.8) is 0 Å². The fourth-order valence-electron chi connectivity index (χ4n) is 2.19. The average Bonchev–Trinajstić information content (AvgIpc) is 2.93. The Balaban J connectivity index is 1.63. The molecule has 2 aromatic carbocycles. The molecule has 1 amide bonds. The zero-order chi connectivity index (χ0) is 14.7. The molecule has 3 aromatic rings. The van der Waals surface area contributed by atoms with Crippen LogP contribution < -0.4 is 5.32 Å². The number of thiophene rings is 1. The van der Waals surface area contributed by atoms with Crippen molar-refractivity contribution in [2.24, 2.45) is 0 Å². The number of hydrogen-bond donors (Lipinski definition) is 1. The van der Waals surface area contributed by atoms with Crippen molar-refractivity contribution < 1.29 is 9.18 Å². The van der Waals surface area contributed by atoms with Gasteiger partial charge < -0.3 is 5.32 Å². The van der Waals surface area contributed by atoms with Gasteiger partial charge in [-0.1, -0.05) is 36.4 Å². The third kappa shape index (κ3) is 3.11. The second kappa shape index (κ2) is 6.06. The van der Waals surface area contributed by atoms with Crippen LogP contribution in [0.5, 0.6) is 0 Å². The van der Waals surface area contributed by atoms with Crippen molar-refractivity contribution in [2.75, 3.05) is 6.54 Å². The molecule has 0 spiro atoms. The van der Waals surface area contributed by atoms with Crippen molar-refractivity contribution in [1.82, 2.24) is 5.32 Å². The highest BCUT2D eigenvalue weighted by molar-refractivity contribution is 7.20. The van der Waals surface area contributed by atoms with Gasteiger partial charge in [-0.3, -0.25) is 4.79 Å². The number of hydrogen-bond acceptors (Lipinski definition) is 2. The third-order valence-corrected chi connectivity index (χ3v) is 4.40. The molecule has 0 saturated carbocycles. The Morgan fingerprint density at radius 1 is 1.10 bits per heavy atom. The first-order chi connectivity index (χ1) is 10.2. The van der Waals surface area contributed by atoms with E-state index in [-0.39, 0.29) is 11.7 Å². The van der Waals surface area contributed by atoms with Crippen LogP contribution >= 0.6 is 11.3 Å². The molecular weight excluding hydrogens is 285 g/mol. The number of fused-ring (bicyclic) bond motifs is 1. The zero-order valence-corrected chi connectivity index (χ0v) is 12.1. The van der Waals surface area contributed by atoms with E-state index in [2.05, 4.69) is 5.32 Å². The summed E-state index contributed by atoms with van der Waals surface area (Å²) in [5.74, 6) is -0.332. The molecule has 21 heavy (non-hydrogen) atoms. The van der Waals surface area contributed by atoms with Gasteiger partial charge in [-0.25, -0.2) is 4.39 Å². The Morgan fingerprint density at radius 3 is 2.67 bits per heavy atom. The first kappa shape index (κ1) is 13.8. The van der Waals surface area contributed by atoms with E-state index in [1.54, 1.807) is 18.2 Å². The minimum Gasteiger partial charge on any atom is -0.351 e. The Labute approximate surface area is 126 Å². The van der Waals surface area contributed by atoms with Gasteiger partial charge in [0.15, 0.2) is 0 Å². The summed E-state index contributed by atoms with van der Waals surface area (Å²) < 4.78 is 14.6. The van der Waals surface area contributed by atoms with Gasteiger partial charge in [0.05, 0.1) is 4.88 Å². The predicted octanol–water partition coefficient (Wildman–Crippen LogP) is 4.01. The van der Waals surface area contributed by atoms with E-state index in [1.165, 1.54) is 17.4 Å². The lowest BCUT2D eigenvalue weighted by Crippen LogP contribution is -2.25. The second-order valence-corrected chi connectivity index (χ2v) is 5.83. The Bertz CT molecular complexity index is 748. The van der Waals surface area contributed by atoms with E-state index in [4.69, 9.17) is 0 Å². The summed E-state index contributed by atoms with van der Waals surface area (Å²) in [6.07, 6.45) is 0.489. The van der Waals surface area contributed by atoms with Gasteiger partial charge in [0, 0.05) is 11.2 Å². The zero-order valence-electron chi connectivity index (χ0n) is 11.3. The van der Waals surface area contributed by atoms with Crippen molar-refractivity contribution >= 4 is 27.3 Å². The maximum atomic E-state index is 13.5. The monoisotopic (exact) mass is 299 g/mol. The summed E-state index contributed by atoms with van der Waals surface area (Å²) in [4.78, 5) is 12.8. The van der Waals surface area contributed by atoms with Crippen molar-refractivity contribution in [2.45, 2.75) is 6.42 Å². The molecule has 1 N–H and O–H groups in total. The molecule has 106 valence electrons. The van der Waals surface area contributed by atoms with Gasteiger partial charge in [-0.15, -0.1) is 11.3 Å². The molecule has 4 heteroatoms. The minimum atomic E-state index is -0.228. The molecular formula is C17H14FNOS. The molecule has 0 saturated heterocycles. The van der Waals surface area contributed by atoms with E-state index in [9.17, 15) is 9.18 Å². The van der Waals surface area contributed by atoms with Crippen molar-refractivity contribution in [3.05, 3.63) is 70.9 Å². The number of benzene rings is 2. The van der Waals surface area contributed by atoms with Crippen LogP contribution in [0.3, 0.4) is 0 Å². The minimum absolute atomic E-state index is 0.104. The third-order valence-electron chi connectivity index (χ3n) is 3.29. The molecule has 0 aliphatic rings. The normalized spacial score (nSPS) is 10.7. The molecule has 0 radical (unpaired) electrons. The Morgan fingerprint density at radius 2 is 1.86 bits per heavy atom. The smallest absolute Gasteiger partial charge is 0.261 e. The van der Waals surface area contributed by atoms with Gasteiger partial charge in [0.1, 0.15) is 5.82 Å². The first-order valence-corrected chi connectivity index (χ1v) is 7.56. The van der Waals surface area contributed by atoms with E-state index < -0.39 is 0 Å². The summed E-state index contributed by atoms with van der Waals surface area (Å²) in [5, 5.41) is 3.91. The summed E-state index contributed by atoms with van der Waals surface area (Å²) in [6, 6.07) is 16.4. The molecule has 1 heterocycles. The van der Waals surface area contributed by atoms with Crippen LogP contribution in [0.25, 0.3) is 10.1 Å². The van der Waals surface area contributed by atoms with Crippen LogP contribution in [-0.2, 0) is 6.42 Å². The molecule has 3 rings (SSSR count). The lowest BCUT2D eigenvalue weighted by atomic mass is 10.1. The Kier molecular flexibility index (Phi) is 3.97. The quantitative estimate of drug-likeness (QED) is 0.775. The maximum absolute atomic E-state index is 13.5. The molecule has 0 atom stereocenters. The topological polar surface area (TPSA) is 29.1 Å². The molecule has 1 aromatic heterocycles. The van der Waals surface area contributed by atoms with Gasteiger partial charge in [0.25, 0.3) is 5.91 Å². The van der Waals surface area contributed by atoms with Gasteiger partial charge in [-0.05, 0) is 35.6 Å². The van der Waals surface area contributed by atoms with Crippen LogP contribution in [-0.4, -0.2) is 12.5 Å². The molecule has 0 fully saturated rings. The lowest BCUT2D eigenvalue weighted by Gasteiger charge is -2.04. The molecule has 0 aliphatic heterocycles. The lowest BCUT2D eigenvalue weighted by molar-refractivity contribution is 0.0958. The Hall–Kier alpha value is -2.20. The molecule has 0 bridgehead atoms. The van der Waals surface area contributed by atoms with Crippen LogP contribution in [0.2, 0.25) is 0 Å². The number of nitrogens with one attached hydrogen (secondary N) is 1. The molecule has 0 unspecified atom stereocenters. The highest BCUT2D eigenvalue weighted by Crippen LogP contribution is 2.25. The van der Waals surface area contributed by atoms with E-state index in [0.717, 1.165) is 10.1 Å². The SMILES string of the molecule is O=C(NCCc1ccccc1F)c1cc2ccccc2s1. The van der Waals surface area contributed by atoms with E-state index in [1.807, 2.05) is 30.3 Å². The largest absolute Gasteiger partial charge is 0.351 e. The standard InChI is InChI=1S/C17H14FNOS/c18-14-7-3-1-5-12(14)9-10-19-17(20)16-11-13-6-2-4-8-15(13)21-16/h1-8,11H,9-10H2,(H,19,20). The summed E-state index contributed by atoms with van der Waals surface area (Å²) in [5.41, 5.74) is 0.620. The van der Waals surface area contributed by atoms with Crippen LogP contribution in [0.1, 0.15) is 15.2 Å². The number of carbonyl (C=O) groups excluding carboxylic acids is 1. The van der Waals surface area contributed by atoms with E-state index in [0.29, 0.717) is 23.4 Å². The summed E-state index contributed by atoms with van der Waals surface area (Å²) in [6.45, 7) is 0.425. The fraction of sp³-hybridized carbons (Fsp3) is 0.118. The van der Waals surface area contributed by atoms with Crippen LogP contribution in [0.4, 0.5) is 4.39 Å². The molecule has 0 aliphatic carbocycles. The highest BCUT2D eigenvalue weighted by atomic mass is 32.1. The van der Waals surface area contributed by atoms with Crippen LogP contribution in [0, 0.1) is 5.82 Å². The van der Waals surface area contributed by atoms with Gasteiger partial charge >= 0.3 is 0 Å². The number of halogens is 1. The predicted molar refractivity (Wildman–Crippen MR) is 84.3 cm³/mol. The van der Waals surface area contributed by atoms with Crippen molar-refractivity contribution in [3.8, 4) is 0 Å². The number of amides is 1. The van der Waals surface area contributed by atoms with Gasteiger partial charge in [-0.2, -0.15) is 0 Å². The summed E-state index contributed by atoms with van der Waals surface area (Å²) in [7, 11) is 0. The van der Waals surface area contributed by atoms with Gasteiger partial charge in [0.2, 0.25) is 0 Å². The first-order valence-electron chi connectivity index (χ1n) is 6.74. The van der Waals surface area contributed by atoms with Crippen LogP contribution in [0.15, 0.2) is 54.6 Å². The highest BCUT2D eigenvalue weighted by Gasteiger charge is 2.09. The maximum Gasteiger partial charge on any atom is 0.261 e. The fourth-order valence-corrected chi connectivity index (χ4v) is 3.17. The second-order valence-electron chi connectivity index (χ2n) is 4.75. The van der Waals surface area contributed by atoms with Crippen molar-refractivity contribution in [1.29, 1.82) is 0 Å². The number of carbonyl (C=O) groups is 1. The molecule has 2 nitrogen and oxygen atoms in total. The summed E-state index contributed by atoms with van der Waals surface area (Å²) >= 11 is 1.47. The average molecular weight is 299 g/mol. The van der Waals surface area contributed by atoms with E-state index >= 15 is 0 Å².